The van der Waals surface area contributed by atoms with Crippen molar-refractivity contribution in [3.05, 3.63) is 47.8 Å². The van der Waals surface area contributed by atoms with Gasteiger partial charge in [0.25, 0.3) is 0 Å². The third-order valence-corrected chi connectivity index (χ3v) is 3.97. The number of halogens is 3. The number of aromatic nitrogens is 2. The molecule has 0 saturated carbocycles. The van der Waals surface area contributed by atoms with Crippen LogP contribution in [0.2, 0.25) is 0 Å². The van der Waals surface area contributed by atoms with Crippen LogP contribution in [0.25, 0.3) is 0 Å². The van der Waals surface area contributed by atoms with E-state index in [-0.39, 0.29) is 25.0 Å². The van der Waals surface area contributed by atoms with Crippen molar-refractivity contribution < 1.29 is 22.7 Å². The van der Waals surface area contributed by atoms with Gasteiger partial charge in [-0.15, -0.1) is 11.8 Å². The number of ether oxygens (including phenoxy) is 1. The number of esters is 1. The summed E-state index contributed by atoms with van der Waals surface area (Å²) >= 11 is 1.52. The van der Waals surface area contributed by atoms with Gasteiger partial charge < -0.3 is 4.74 Å². The van der Waals surface area contributed by atoms with Crippen molar-refractivity contribution >= 4 is 17.7 Å². The summed E-state index contributed by atoms with van der Waals surface area (Å²) in [6, 6.07) is 9.60. The maximum atomic E-state index is 12.6. The first-order valence-electron chi connectivity index (χ1n) is 6.89. The molecule has 0 aliphatic rings. The van der Waals surface area contributed by atoms with E-state index in [2.05, 4.69) is 5.10 Å². The Balaban J connectivity index is 1.68. The topological polar surface area (TPSA) is 55.0 Å². The number of carbonyl (C=O) groups excluding carboxylic acids is 1. The first-order chi connectivity index (χ1) is 11.0. The van der Waals surface area contributed by atoms with Crippen LogP contribution in [0.1, 0.15) is 17.7 Å². The summed E-state index contributed by atoms with van der Waals surface area (Å²) in [6.45, 7) is -0.0998. The van der Waals surface area contributed by atoms with Crippen LogP contribution in [0.4, 0.5) is 13.2 Å². The maximum Gasteiger partial charge on any atom is 0.433 e. The molecule has 0 aliphatic carbocycles. The van der Waals surface area contributed by atoms with E-state index in [1.54, 1.807) is 0 Å². The number of benzene rings is 1. The predicted molar refractivity (Wildman–Crippen MR) is 80.0 cm³/mol. The van der Waals surface area contributed by atoms with Gasteiger partial charge in [0.2, 0.25) is 0 Å². The van der Waals surface area contributed by atoms with Crippen molar-refractivity contribution in [1.82, 2.24) is 10.2 Å². The van der Waals surface area contributed by atoms with Crippen molar-refractivity contribution in [2.45, 2.75) is 23.9 Å². The first kappa shape index (κ1) is 17.4. The lowest BCUT2D eigenvalue weighted by atomic mass is 10.2. The van der Waals surface area contributed by atoms with Crippen LogP contribution in [-0.2, 0) is 22.1 Å². The Kier molecular flexibility index (Phi) is 6.09. The highest BCUT2D eigenvalue weighted by atomic mass is 32.2. The van der Waals surface area contributed by atoms with E-state index in [9.17, 15) is 18.0 Å². The van der Waals surface area contributed by atoms with Crippen molar-refractivity contribution in [3.8, 4) is 0 Å². The second kappa shape index (κ2) is 8.05. The molecule has 0 bridgehead atoms. The zero-order valence-electron chi connectivity index (χ0n) is 12.1. The number of nitrogens with zero attached hydrogens (tertiary/aromatic N) is 1. The minimum atomic E-state index is -4.48. The molecule has 23 heavy (non-hydrogen) atoms. The fourth-order valence-electron chi connectivity index (χ4n) is 1.86. The molecule has 2 rings (SSSR count). The van der Waals surface area contributed by atoms with Crippen LogP contribution in [0, 0.1) is 0 Å². The molecule has 0 unspecified atom stereocenters. The Morgan fingerprint density at radius 2 is 2.00 bits per heavy atom. The van der Waals surface area contributed by atoms with Gasteiger partial charge in [-0.1, -0.05) is 18.2 Å². The number of carbonyl (C=O) groups is 1. The smallest absolute Gasteiger partial charge is 0.433 e. The summed E-state index contributed by atoms with van der Waals surface area (Å²) in [5.41, 5.74) is -0.905. The van der Waals surface area contributed by atoms with Gasteiger partial charge >= 0.3 is 12.1 Å². The highest BCUT2D eigenvalue weighted by Crippen LogP contribution is 2.30. The van der Waals surface area contributed by atoms with Gasteiger partial charge in [0.05, 0.1) is 19.2 Å². The lowest BCUT2D eigenvalue weighted by molar-refractivity contribution is -0.143. The number of nitrogens with one attached hydrogen (secondary N) is 1. The van der Waals surface area contributed by atoms with E-state index < -0.39 is 17.8 Å². The molecule has 2 aromatic rings. The molecule has 0 amide bonds. The monoisotopic (exact) mass is 344 g/mol. The normalized spacial score (nSPS) is 11.4. The first-order valence-corrected chi connectivity index (χ1v) is 7.88. The Morgan fingerprint density at radius 1 is 1.26 bits per heavy atom. The van der Waals surface area contributed by atoms with Crippen LogP contribution < -0.4 is 0 Å². The molecule has 1 aromatic heterocycles. The Labute approximate surface area is 135 Å². The minimum absolute atomic E-state index is 0.0102. The lowest BCUT2D eigenvalue weighted by Gasteiger charge is -2.07. The fraction of sp³-hybridized carbons (Fsp3) is 0.333. The van der Waals surface area contributed by atoms with Crippen LogP contribution in [0.5, 0.6) is 0 Å². The lowest BCUT2D eigenvalue weighted by Crippen LogP contribution is -2.12. The number of hydrogen-bond acceptors (Lipinski definition) is 4. The third kappa shape index (κ3) is 5.63. The summed E-state index contributed by atoms with van der Waals surface area (Å²) in [5, 5.41) is 5.30. The molecular weight excluding hydrogens is 329 g/mol. The van der Waals surface area contributed by atoms with Gasteiger partial charge in [0.15, 0.2) is 0 Å². The van der Waals surface area contributed by atoms with Crippen LogP contribution in [0.3, 0.4) is 0 Å². The molecule has 1 aromatic carbocycles. The van der Waals surface area contributed by atoms with Gasteiger partial charge in [-0.2, -0.15) is 18.3 Å². The summed E-state index contributed by atoms with van der Waals surface area (Å²) in [6.07, 6.45) is -3.20. The minimum Gasteiger partial charge on any atom is -0.465 e. The summed E-state index contributed by atoms with van der Waals surface area (Å²) < 4.78 is 42.8. The number of H-pyrrole nitrogens is 1. The number of hydrogen-bond donors (Lipinski definition) is 1. The van der Waals surface area contributed by atoms with E-state index in [0.717, 1.165) is 11.1 Å². The van der Waals surface area contributed by atoms with Crippen LogP contribution >= 0.6 is 11.8 Å². The van der Waals surface area contributed by atoms with E-state index in [1.165, 1.54) is 11.8 Å². The Hall–Kier alpha value is -1.96. The maximum absolute atomic E-state index is 12.6. The number of alkyl halides is 3. The van der Waals surface area contributed by atoms with Gasteiger partial charge in [-0.05, 0) is 12.1 Å². The highest BCUT2D eigenvalue weighted by Gasteiger charge is 2.35. The average Bonchev–Trinajstić information content (AvgIpc) is 2.97. The quantitative estimate of drug-likeness (QED) is 0.615. The number of rotatable bonds is 7. The molecule has 0 radical (unpaired) electrons. The summed E-state index contributed by atoms with van der Waals surface area (Å²) in [7, 11) is 0. The standard InChI is InChI=1S/C15H15F3N2O2S/c16-15(17,18)14-11(10-19-20-14)6-8-22-13(21)7-9-23-12-4-2-1-3-5-12/h1-5,10H,6-9H2,(H,19,20). The van der Waals surface area contributed by atoms with E-state index in [0.29, 0.717) is 5.75 Å². The SMILES string of the molecule is O=C(CCSc1ccccc1)OCCc1cn[nH]c1C(F)(F)F. The second-order valence-electron chi connectivity index (χ2n) is 4.65. The fourth-order valence-corrected chi connectivity index (χ4v) is 2.72. The molecule has 0 atom stereocenters. The zero-order valence-corrected chi connectivity index (χ0v) is 12.9. The number of thioether (sulfide) groups is 1. The highest BCUT2D eigenvalue weighted by molar-refractivity contribution is 7.99. The van der Waals surface area contributed by atoms with E-state index in [4.69, 9.17) is 4.74 Å². The van der Waals surface area contributed by atoms with Crippen molar-refractivity contribution in [2.24, 2.45) is 0 Å². The molecule has 8 heteroatoms. The van der Waals surface area contributed by atoms with E-state index >= 15 is 0 Å². The average molecular weight is 344 g/mol. The van der Waals surface area contributed by atoms with Gasteiger partial charge in [-0.3, -0.25) is 9.89 Å². The molecule has 0 fully saturated rings. The summed E-state index contributed by atoms with van der Waals surface area (Å²) in [5.74, 6) is 0.132. The van der Waals surface area contributed by atoms with Gasteiger partial charge in [0.1, 0.15) is 5.69 Å². The molecule has 1 N–H and O–H groups in total. The van der Waals surface area contributed by atoms with Gasteiger partial charge in [-0.25, -0.2) is 0 Å². The zero-order chi connectivity index (χ0) is 16.7. The Morgan fingerprint density at radius 3 is 2.70 bits per heavy atom. The molecule has 0 saturated heterocycles. The van der Waals surface area contributed by atoms with Gasteiger partial charge in [0, 0.05) is 22.6 Å². The van der Waals surface area contributed by atoms with E-state index in [1.807, 2.05) is 35.4 Å². The van der Waals surface area contributed by atoms with Crippen molar-refractivity contribution in [3.63, 3.8) is 0 Å². The van der Waals surface area contributed by atoms with Crippen LogP contribution in [0.15, 0.2) is 41.4 Å². The van der Waals surface area contributed by atoms with Crippen molar-refractivity contribution in [2.75, 3.05) is 12.4 Å². The van der Waals surface area contributed by atoms with Crippen LogP contribution in [-0.4, -0.2) is 28.5 Å². The molecule has 124 valence electrons. The Bertz CT molecular complexity index is 629. The largest absolute Gasteiger partial charge is 0.465 e. The molecule has 4 nitrogen and oxygen atoms in total. The molecule has 0 aliphatic heterocycles. The second-order valence-corrected chi connectivity index (χ2v) is 5.82. The molecule has 1 heterocycles. The number of aromatic amines is 1. The summed E-state index contributed by atoms with van der Waals surface area (Å²) in [4.78, 5) is 12.6. The molecular formula is C15H15F3N2O2S. The molecule has 0 spiro atoms. The predicted octanol–water partition coefficient (Wildman–Crippen LogP) is 3.70. The van der Waals surface area contributed by atoms with Crippen molar-refractivity contribution in [1.29, 1.82) is 0 Å². The third-order valence-electron chi connectivity index (χ3n) is 2.95.